The van der Waals surface area contributed by atoms with E-state index in [0.717, 1.165) is 39.0 Å². The lowest BCUT2D eigenvalue weighted by Gasteiger charge is -2.07. The molecule has 0 unspecified atom stereocenters. The highest BCUT2D eigenvalue weighted by Gasteiger charge is 2.08. The molecule has 1 heterocycles. The molecule has 0 aliphatic carbocycles. The van der Waals surface area contributed by atoms with Crippen molar-refractivity contribution in [3.8, 4) is 17.0 Å². The van der Waals surface area contributed by atoms with Crippen LogP contribution in [0.1, 0.15) is 11.1 Å². The summed E-state index contributed by atoms with van der Waals surface area (Å²) in [5.41, 5.74) is 5.23. The number of nitrogens with one attached hydrogen (secondary N) is 1. The van der Waals surface area contributed by atoms with Crippen molar-refractivity contribution >= 4 is 33.8 Å². The number of hydrogen-bond donors (Lipinski definition) is 1. The molecule has 0 spiro atoms. The van der Waals surface area contributed by atoms with Crippen molar-refractivity contribution in [2.75, 3.05) is 12.4 Å². The summed E-state index contributed by atoms with van der Waals surface area (Å²) in [5, 5.41) is 6.94. The Kier molecular flexibility index (Phi) is 4.55. The minimum Gasteiger partial charge on any atom is -0.496 e. The maximum absolute atomic E-state index is 6.06. The Balaban J connectivity index is 1.86. The summed E-state index contributed by atoms with van der Waals surface area (Å²) in [6.45, 7) is 4.07. The lowest BCUT2D eigenvalue weighted by atomic mass is 10.1. The Morgan fingerprint density at radius 2 is 1.91 bits per heavy atom. The van der Waals surface area contributed by atoms with E-state index >= 15 is 0 Å². The zero-order chi connectivity index (χ0) is 16.4. The summed E-state index contributed by atoms with van der Waals surface area (Å²) in [4.78, 5) is 4.67. The minimum absolute atomic E-state index is 0.709. The molecule has 0 saturated carbocycles. The van der Waals surface area contributed by atoms with Crippen LogP contribution in [0.3, 0.4) is 0 Å². The van der Waals surface area contributed by atoms with E-state index in [-0.39, 0.29) is 0 Å². The Morgan fingerprint density at radius 1 is 1.09 bits per heavy atom. The molecule has 2 aromatic carbocycles. The minimum atomic E-state index is 0.709. The average molecular weight is 345 g/mol. The predicted molar refractivity (Wildman–Crippen MR) is 98.3 cm³/mol. The first-order valence-electron chi connectivity index (χ1n) is 7.20. The third-order valence-corrected chi connectivity index (χ3v) is 4.63. The van der Waals surface area contributed by atoms with Gasteiger partial charge < -0.3 is 10.1 Å². The van der Waals surface area contributed by atoms with Crippen LogP contribution >= 0.6 is 22.9 Å². The zero-order valence-corrected chi connectivity index (χ0v) is 14.8. The van der Waals surface area contributed by atoms with Gasteiger partial charge in [0.1, 0.15) is 5.75 Å². The van der Waals surface area contributed by atoms with Gasteiger partial charge in [-0.15, -0.1) is 11.3 Å². The molecule has 3 nitrogen and oxygen atoms in total. The van der Waals surface area contributed by atoms with Crippen LogP contribution in [0.25, 0.3) is 11.3 Å². The molecule has 0 aliphatic rings. The molecule has 23 heavy (non-hydrogen) atoms. The summed E-state index contributed by atoms with van der Waals surface area (Å²) < 4.78 is 5.30. The second kappa shape index (κ2) is 6.60. The highest BCUT2D eigenvalue weighted by atomic mass is 35.5. The lowest BCUT2D eigenvalue weighted by molar-refractivity contribution is 0.412. The van der Waals surface area contributed by atoms with Gasteiger partial charge in [0, 0.05) is 21.7 Å². The predicted octanol–water partition coefficient (Wildman–Crippen LogP) is 5.83. The quantitative estimate of drug-likeness (QED) is 0.646. The van der Waals surface area contributed by atoms with E-state index in [1.165, 1.54) is 0 Å². The molecule has 3 rings (SSSR count). The van der Waals surface area contributed by atoms with Gasteiger partial charge in [-0.05, 0) is 55.3 Å². The second-order valence-corrected chi connectivity index (χ2v) is 6.60. The van der Waals surface area contributed by atoms with Crippen LogP contribution in [-0.4, -0.2) is 12.1 Å². The summed E-state index contributed by atoms with van der Waals surface area (Å²) in [6.07, 6.45) is 0. The maximum Gasteiger partial charge on any atom is 0.187 e. The number of thiazole rings is 1. The average Bonchev–Trinajstić information content (AvgIpc) is 2.99. The summed E-state index contributed by atoms with van der Waals surface area (Å²) in [6, 6.07) is 11.9. The lowest BCUT2D eigenvalue weighted by Crippen LogP contribution is -1.93. The Morgan fingerprint density at radius 3 is 2.65 bits per heavy atom. The normalized spacial score (nSPS) is 10.6. The molecular weight excluding hydrogens is 328 g/mol. The number of rotatable bonds is 4. The van der Waals surface area contributed by atoms with Crippen LogP contribution in [0.4, 0.5) is 10.8 Å². The first kappa shape index (κ1) is 15.8. The van der Waals surface area contributed by atoms with E-state index in [0.29, 0.717) is 5.02 Å². The van der Waals surface area contributed by atoms with Crippen LogP contribution in [0, 0.1) is 13.8 Å². The van der Waals surface area contributed by atoms with E-state index in [1.54, 1.807) is 18.4 Å². The third kappa shape index (κ3) is 3.49. The molecular formula is C18H17ClN2OS. The van der Waals surface area contributed by atoms with Crippen molar-refractivity contribution in [3.63, 3.8) is 0 Å². The number of methoxy groups -OCH3 is 1. The first-order chi connectivity index (χ1) is 11.1. The number of benzene rings is 2. The highest BCUT2D eigenvalue weighted by Crippen LogP contribution is 2.31. The van der Waals surface area contributed by atoms with Crippen molar-refractivity contribution in [2.45, 2.75) is 13.8 Å². The molecule has 1 aromatic heterocycles. The Bertz CT molecular complexity index is 845. The van der Waals surface area contributed by atoms with Crippen molar-refractivity contribution in [1.29, 1.82) is 0 Å². The molecule has 5 heteroatoms. The van der Waals surface area contributed by atoms with Gasteiger partial charge >= 0.3 is 0 Å². The summed E-state index contributed by atoms with van der Waals surface area (Å²) >= 11 is 7.63. The molecule has 0 atom stereocenters. The van der Waals surface area contributed by atoms with Gasteiger partial charge in [0.05, 0.1) is 12.8 Å². The number of aryl methyl sites for hydroxylation is 2. The van der Waals surface area contributed by atoms with Crippen LogP contribution in [0.15, 0.2) is 41.8 Å². The van der Waals surface area contributed by atoms with Crippen LogP contribution in [-0.2, 0) is 0 Å². The molecule has 1 N–H and O–H groups in total. The molecule has 118 valence electrons. The largest absolute Gasteiger partial charge is 0.496 e. The van der Waals surface area contributed by atoms with Gasteiger partial charge in [-0.3, -0.25) is 0 Å². The zero-order valence-electron chi connectivity index (χ0n) is 13.2. The van der Waals surface area contributed by atoms with E-state index < -0.39 is 0 Å². The van der Waals surface area contributed by atoms with Crippen LogP contribution in [0.5, 0.6) is 5.75 Å². The van der Waals surface area contributed by atoms with E-state index in [1.807, 2.05) is 49.6 Å². The van der Waals surface area contributed by atoms with Crippen molar-refractivity contribution in [1.82, 2.24) is 4.98 Å². The van der Waals surface area contributed by atoms with Crippen molar-refractivity contribution < 1.29 is 4.74 Å². The molecule has 0 aliphatic heterocycles. The number of hydrogen-bond acceptors (Lipinski definition) is 4. The van der Waals surface area contributed by atoms with E-state index in [9.17, 15) is 0 Å². The summed E-state index contributed by atoms with van der Waals surface area (Å²) in [5.74, 6) is 0.886. The number of aromatic nitrogens is 1. The second-order valence-electron chi connectivity index (χ2n) is 5.31. The van der Waals surface area contributed by atoms with E-state index in [2.05, 4.69) is 16.4 Å². The van der Waals surface area contributed by atoms with Crippen molar-refractivity contribution in [2.24, 2.45) is 0 Å². The van der Waals surface area contributed by atoms with Gasteiger partial charge in [0.25, 0.3) is 0 Å². The van der Waals surface area contributed by atoms with Crippen LogP contribution < -0.4 is 10.1 Å². The number of nitrogens with zero attached hydrogens (tertiary/aromatic N) is 1. The number of halogens is 1. The smallest absolute Gasteiger partial charge is 0.187 e. The monoisotopic (exact) mass is 344 g/mol. The van der Waals surface area contributed by atoms with Gasteiger partial charge in [0.2, 0.25) is 0 Å². The fourth-order valence-electron chi connectivity index (χ4n) is 2.35. The van der Waals surface area contributed by atoms with Gasteiger partial charge in [-0.25, -0.2) is 4.98 Å². The first-order valence-corrected chi connectivity index (χ1v) is 8.46. The number of anilines is 2. The van der Waals surface area contributed by atoms with Crippen molar-refractivity contribution in [3.05, 3.63) is 57.9 Å². The van der Waals surface area contributed by atoms with Gasteiger partial charge in [-0.1, -0.05) is 17.7 Å². The van der Waals surface area contributed by atoms with Gasteiger partial charge in [0.15, 0.2) is 5.13 Å². The van der Waals surface area contributed by atoms with Crippen LogP contribution in [0.2, 0.25) is 5.02 Å². The molecule has 0 bridgehead atoms. The Hall–Kier alpha value is -2.04. The summed E-state index contributed by atoms with van der Waals surface area (Å²) in [7, 11) is 1.68. The third-order valence-electron chi connectivity index (χ3n) is 3.64. The topological polar surface area (TPSA) is 34.1 Å². The SMILES string of the molecule is COc1ccc(-c2csc(Nc3cc(Cl)ccc3C)n2)cc1C. The molecule has 0 saturated heterocycles. The molecule has 0 fully saturated rings. The molecule has 0 amide bonds. The van der Waals surface area contributed by atoms with E-state index in [4.69, 9.17) is 16.3 Å². The Labute approximate surface area is 144 Å². The number of ether oxygens (including phenoxy) is 1. The molecule has 0 radical (unpaired) electrons. The van der Waals surface area contributed by atoms with Gasteiger partial charge in [-0.2, -0.15) is 0 Å². The standard InChI is InChI=1S/C18H17ClN2OS/c1-11-4-6-14(19)9-15(11)20-18-21-16(10-23-18)13-5-7-17(22-3)12(2)8-13/h4-10H,1-3H3,(H,20,21). The maximum atomic E-state index is 6.06. The highest BCUT2D eigenvalue weighted by molar-refractivity contribution is 7.14. The fraction of sp³-hybridized carbons (Fsp3) is 0.167. The molecule has 3 aromatic rings. The fourth-order valence-corrected chi connectivity index (χ4v) is 3.25.